The first kappa shape index (κ1) is 12.5. The van der Waals surface area contributed by atoms with E-state index in [1.165, 1.54) is 0 Å². The third-order valence-electron chi connectivity index (χ3n) is 3.39. The number of anilines is 1. The Kier molecular flexibility index (Phi) is 3.06. The molecule has 1 heterocycles. The molecule has 0 atom stereocenters. The van der Waals surface area contributed by atoms with Gasteiger partial charge in [-0.2, -0.15) is 0 Å². The highest BCUT2D eigenvalue weighted by atomic mass is 16.5. The molecule has 0 radical (unpaired) electrons. The Balaban J connectivity index is 1.92. The maximum atomic E-state index is 5.95. The standard InChI is InChI=1S/C16H17N3O/c1-11-8-12(17-2)4-7-16(11)20-13-5-6-15-14(9-13)18-10-19(15)3/h4-10,17H,1-3H3. The van der Waals surface area contributed by atoms with Gasteiger partial charge >= 0.3 is 0 Å². The van der Waals surface area contributed by atoms with E-state index in [1.54, 1.807) is 6.33 Å². The number of aryl methyl sites for hydroxylation is 2. The van der Waals surface area contributed by atoms with Crippen molar-refractivity contribution in [3.05, 3.63) is 48.3 Å². The van der Waals surface area contributed by atoms with Crippen LogP contribution in [0.5, 0.6) is 11.5 Å². The predicted octanol–water partition coefficient (Wildman–Crippen LogP) is 3.72. The maximum absolute atomic E-state index is 5.95. The van der Waals surface area contributed by atoms with Crippen LogP contribution in [0.25, 0.3) is 11.0 Å². The van der Waals surface area contributed by atoms with Crippen LogP contribution in [-0.4, -0.2) is 16.6 Å². The van der Waals surface area contributed by atoms with E-state index in [-0.39, 0.29) is 0 Å². The first-order valence-corrected chi connectivity index (χ1v) is 6.55. The van der Waals surface area contributed by atoms with Crippen LogP contribution in [0, 0.1) is 6.92 Å². The Hall–Kier alpha value is -2.49. The van der Waals surface area contributed by atoms with Crippen LogP contribution in [0.3, 0.4) is 0 Å². The van der Waals surface area contributed by atoms with Crippen molar-refractivity contribution in [3.8, 4) is 11.5 Å². The van der Waals surface area contributed by atoms with Crippen LogP contribution >= 0.6 is 0 Å². The number of aromatic nitrogens is 2. The van der Waals surface area contributed by atoms with E-state index in [4.69, 9.17) is 4.74 Å². The van der Waals surface area contributed by atoms with Gasteiger partial charge in [0, 0.05) is 25.8 Å². The first-order valence-electron chi connectivity index (χ1n) is 6.55. The van der Waals surface area contributed by atoms with Crippen LogP contribution in [0.1, 0.15) is 5.56 Å². The molecule has 2 aromatic carbocycles. The quantitative estimate of drug-likeness (QED) is 0.786. The Bertz CT molecular complexity index is 762. The fraction of sp³-hybridized carbons (Fsp3) is 0.188. The summed E-state index contributed by atoms with van der Waals surface area (Å²) in [7, 11) is 3.89. The fourth-order valence-corrected chi connectivity index (χ4v) is 2.23. The molecule has 3 rings (SSSR count). The molecule has 20 heavy (non-hydrogen) atoms. The molecular weight excluding hydrogens is 250 g/mol. The number of fused-ring (bicyclic) bond motifs is 1. The zero-order valence-electron chi connectivity index (χ0n) is 11.8. The SMILES string of the molecule is CNc1ccc(Oc2ccc3c(c2)ncn3C)c(C)c1. The first-order chi connectivity index (χ1) is 9.67. The summed E-state index contributed by atoms with van der Waals surface area (Å²) >= 11 is 0. The Morgan fingerprint density at radius 1 is 1.15 bits per heavy atom. The summed E-state index contributed by atoms with van der Waals surface area (Å²) in [5.41, 5.74) is 4.21. The zero-order chi connectivity index (χ0) is 14.1. The van der Waals surface area contributed by atoms with Crippen LogP contribution < -0.4 is 10.1 Å². The molecule has 102 valence electrons. The normalized spacial score (nSPS) is 10.8. The monoisotopic (exact) mass is 267 g/mol. The highest BCUT2D eigenvalue weighted by Crippen LogP contribution is 2.28. The average molecular weight is 267 g/mol. The molecule has 0 bridgehead atoms. The largest absolute Gasteiger partial charge is 0.457 e. The smallest absolute Gasteiger partial charge is 0.130 e. The third-order valence-corrected chi connectivity index (χ3v) is 3.39. The minimum atomic E-state index is 0.802. The molecule has 4 nitrogen and oxygen atoms in total. The number of imidazole rings is 1. The van der Waals surface area contributed by atoms with E-state index in [1.807, 2.05) is 55.9 Å². The number of nitrogens with zero attached hydrogens (tertiary/aromatic N) is 2. The summed E-state index contributed by atoms with van der Waals surface area (Å²) in [6, 6.07) is 12.0. The molecule has 0 saturated heterocycles. The predicted molar refractivity (Wildman–Crippen MR) is 81.5 cm³/mol. The van der Waals surface area contributed by atoms with E-state index in [9.17, 15) is 0 Å². The minimum absolute atomic E-state index is 0.802. The van der Waals surface area contributed by atoms with Crippen molar-refractivity contribution >= 4 is 16.7 Å². The second-order valence-electron chi connectivity index (χ2n) is 4.84. The van der Waals surface area contributed by atoms with Gasteiger partial charge in [-0.15, -0.1) is 0 Å². The van der Waals surface area contributed by atoms with Crippen molar-refractivity contribution in [2.45, 2.75) is 6.92 Å². The summed E-state index contributed by atoms with van der Waals surface area (Å²) in [6.45, 7) is 2.04. The lowest BCUT2D eigenvalue weighted by atomic mass is 10.2. The number of nitrogens with one attached hydrogen (secondary N) is 1. The second-order valence-corrected chi connectivity index (χ2v) is 4.84. The molecule has 3 aromatic rings. The fourth-order valence-electron chi connectivity index (χ4n) is 2.23. The van der Waals surface area contributed by atoms with Gasteiger partial charge < -0.3 is 14.6 Å². The summed E-state index contributed by atoms with van der Waals surface area (Å²) in [5, 5.41) is 3.12. The Labute approximate surface area is 118 Å². The van der Waals surface area contributed by atoms with Crippen LogP contribution in [-0.2, 0) is 7.05 Å². The number of hydrogen-bond donors (Lipinski definition) is 1. The van der Waals surface area contributed by atoms with E-state index in [0.717, 1.165) is 33.8 Å². The highest BCUT2D eigenvalue weighted by molar-refractivity contribution is 5.77. The second kappa shape index (κ2) is 4.89. The van der Waals surface area contributed by atoms with Crippen molar-refractivity contribution in [2.75, 3.05) is 12.4 Å². The maximum Gasteiger partial charge on any atom is 0.130 e. The van der Waals surface area contributed by atoms with Gasteiger partial charge in [0.2, 0.25) is 0 Å². The molecule has 0 aliphatic heterocycles. The Morgan fingerprint density at radius 3 is 2.75 bits per heavy atom. The van der Waals surface area contributed by atoms with Gasteiger partial charge in [0.05, 0.1) is 17.4 Å². The lowest BCUT2D eigenvalue weighted by Gasteiger charge is -2.10. The van der Waals surface area contributed by atoms with Crippen molar-refractivity contribution < 1.29 is 4.74 Å². The Morgan fingerprint density at radius 2 is 2.00 bits per heavy atom. The van der Waals surface area contributed by atoms with Gasteiger partial charge in [-0.1, -0.05) is 0 Å². The molecule has 0 saturated carbocycles. The van der Waals surface area contributed by atoms with E-state index < -0.39 is 0 Å². The van der Waals surface area contributed by atoms with Gasteiger partial charge in [0.25, 0.3) is 0 Å². The summed E-state index contributed by atoms with van der Waals surface area (Å²) in [6.07, 6.45) is 1.81. The molecule has 0 spiro atoms. The molecule has 0 aliphatic carbocycles. The number of benzene rings is 2. The average Bonchev–Trinajstić information content (AvgIpc) is 2.82. The molecule has 0 amide bonds. The number of ether oxygens (including phenoxy) is 1. The minimum Gasteiger partial charge on any atom is -0.457 e. The molecular formula is C16H17N3O. The van der Waals surface area contributed by atoms with Crippen molar-refractivity contribution in [1.82, 2.24) is 9.55 Å². The van der Waals surface area contributed by atoms with Gasteiger partial charge in [0.1, 0.15) is 11.5 Å². The van der Waals surface area contributed by atoms with Gasteiger partial charge in [-0.05, 0) is 42.8 Å². The number of hydrogen-bond acceptors (Lipinski definition) is 3. The van der Waals surface area contributed by atoms with Crippen LogP contribution in [0.2, 0.25) is 0 Å². The van der Waals surface area contributed by atoms with Crippen LogP contribution in [0.15, 0.2) is 42.7 Å². The molecule has 1 N–H and O–H groups in total. The summed E-state index contributed by atoms with van der Waals surface area (Å²) in [5.74, 6) is 1.66. The molecule has 0 unspecified atom stereocenters. The molecule has 1 aromatic heterocycles. The van der Waals surface area contributed by atoms with E-state index >= 15 is 0 Å². The zero-order valence-corrected chi connectivity index (χ0v) is 11.8. The third kappa shape index (κ3) is 2.20. The molecule has 0 fully saturated rings. The van der Waals surface area contributed by atoms with Crippen molar-refractivity contribution in [1.29, 1.82) is 0 Å². The topological polar surface area (TPSA) is 39.1 Å². The lowest BCUT2D eigenvalue weighted by molar-refractivity contribution is 0.479. The summed E-state index contributed by atoms with van der Waals surface area (Å²) in [4.78, 5) is 4.34. The molecule has 4 heteroatoms. The van der Waals surface area contributed by atoms with Crippen molar-refractivity contribution in [2.24, 2.45) is 7.05 Å². The van der Waals surface area contributed by atoms with Gasteiger partial charge in [-0.25, -0.2) is 4.98 Å². The van der Waals surface area contributed by atoms with Crippen LogP contribution in [0.4, 0.5) is 5.69 Å². The van der Waals surface area contributed by atoms with E-state index in [2.05, 4.69) is 16.4 Å². The highest BCUT2D eigenvalue weighted by Gasteiger charge is 2.05. The van der Waals surface area contributed by atoms with E-state index in [0.29, 0.717) is 0 Å². The van der Waals surface area contributed by atoms with Gasteiger partial charge in [-0.3, -0.25) is 0 Å². The summed E-state index contributed by atoms with van der Waals surface area (Å²) < 4.78 is 7.94. The lowest BCUT2D eigenvalue weighted by Crippen LogP contribution is -1.92. The van der Waals surface area contributed by atoms with Gasteiger partial charge in [0.15, 0.2) is 0 Å². The number of rotatable bonds is 3. The van der Waals surface area contributed by atoms with Crippen molar-refractivity contribution in [3.63, 3.8) is 0 Å². The molecule has 0 aliphatic rings.